The molecule has 2 atom stereocenters. The number of nitro benzene ring substituents is 1. The Kier molecular flexibility index (Phi) is 6.23. The maximum absolute atomic E-state index is 13.6. The van der Waals surface area contributed by atoms with E-state index in [0.29, 0.717) is 12.8 Å². The fraction of sp³-hybridized carbons (Fsp3) is 0.261. The number of hydrogen-bond acceptors (Lipinski definition) is 5. The molecule has 0 spiro atoms. The molecule has 3 amide bonds. The summed E-state index contributed by atoms with van der Waals surface area (Å²) in [6.45, 7) is 1.50. The highest BCUT2D eigenvalue weighted by atomic mass is 35.5. The maximum atomic E-state index is 13.6. The topological polar surface area (TPSA) is 101 Å². The highest BCUT2D eigenvalue weighted by Crippen LogP contribution is 2.39. The number of imide groups is 1. The van der Waals surface area contributed by atoms with E-state index in [0.717, 1.165) is 21.7 Å². The second kappa shape index (κ2) is 8.96. The van der Waals surface area contributed by atoms with Crippen LogP contribution in [0.25, 0.3) is 0 Å². The summed E-state index contributed by atoms with van der Waals surface area (Å²) in [6.07, 6.45) is 2.73. The Labute approximate surface area is 199 Å². The van der Waals surface area contributed by atoms with Gasteiger partial charge in [-0.05, 0) is 44.0 Å². The van der Waals surface area contributed by atoms with E-state index < -0.39 is 34.5 Å². The van der Waals surface area contributed by atoms with Gasteiger partial charge in [-0.25, -0.2) is 5.01 Å². The number of fused-ring (bicyclic) bond motifs is 1. The first kappa shape index (κ1) is 22.9. The number of nitro groups is 1. The van der Waals surface area contributed by atoms with Crippen LogP contribution in [-0.4, -0.2) is 32.7 Å². The molecule has 2 aromatic carbocycles. The average molecular weight is 488 g/mol. The zero-order valence-electron chi connectivity index (χ0n) is 17.5. The highest BCUT2D eigenvalue weighted by molar-refractivity contribution is 6.34. The maximum Gasteiger partial charge on any atom is 0.275 e. The van der Waals surface area contributed by atoms with Crippen molar-refractivity contribution in [1.82, 2.24) is 10.0 Å². The summed E-state index contributed by atoms with van der Waals surface area (Å²) < 4.78 is 0. The van der Waals surface area contributed by atoms with Gasteiger partial charge in [0.25, 0.3) is 23.4 Å². The van der Waals surface area contributed by atoms with Crippen molar-refractivity contribution in [3.05, 3.63) is 85.4 Å². The first-order valence-corrected chi connectivity index (χ1v) is 11.0. The van der Waals surface area contributed by atoms with Gasteiger partial charge in [-0.3, -0.25) is 24.5 Å². The van der Waals surface area contributed by atoms with Crippen LogP contribution in [0, 0.1) is 22.0 Å². The van der Waals surface area contributed by atoms with Crippen molar-refractivity contribution in [2.45, 2.75) is 26.3 Å². The van der Waals surface area contributed by atoms with Gasteiger partial charge in [0.15, 0.2) is 0 Å². The van der Waals surface area contributed by atoms with Gasteiger partial charge in [0.1, 0.15) is 0 Å². The number of allylic oxidation sites excluding steroid dienone is 2. The summed E-state index contributed by atoms with van der Waals surface area (Å²) in [5.41, 5.74) is 0.861. The molecule has 1 saturated heterocycles. The molecule has 0 bridgehead atoms. The number of benzene rings is 2. The summed E-state index contributed by atoms with van der Waals surface area (Å²) in [5.74, 6) is -2.89. The number of carbonyl (C=O) groups is 3. The first-order valence-electron chi connectivity index (χ1n) is 10.2. The van der Waals surface area contributed by atoms with Gasteiger partial charge in [-0.1, -0.05) is 47.0 Å². The van der Waals surface area contributed by atoms with Crippen molar-refractivity contribution in [2.24, 2.45) is 11.8 Å². The SMILES string of the molecule is CC1=CC[C@H]2C(=O)N(N(Cc3ccc(Cl)cc3[N+](=O)[O-])C(=O)c3ccccc3Cl)C(=O)[C@@H]2C1. The quantitative estimate of drug-likeness (QED) is 0.261. The molecule has 1 heterocycles. The van der Waals surface area contributed by atoms with Crippen LogP contribution in [0.4, 0.5) is 5.69 Å². The molecule has 4 rings (SSSR count). The molecule has 0 saturated carbocycles. The smallest absolute Gasteiger partial charge is 0.272 e. The molecule has 0 N–H and O–H groups in total. The van der Waals surface area contributed by atoms with Crippen LogP contribution in [0.15, 0.2) is 54.1 Å². The number of halogens is 2. The van der Waals surface area contributed by atoms with Crippen LogP contribution in [0.5, 0.6) is 0 Å². The molecule has 8 nitrogen and oxygen atoms in total. The molecular weight excluding hydrogens is 469 g/mol. The Morgan fingerprint density at radius 3 is 2.55 bits per heavy atom. The largest absolute Gasteiger partial charge is 0.275 e. The Morgan fingerprint density at radius 2 is 1.85 bits per heavy atom. The second-order valence-corrected chi connectivity index (χ2v) is 8.91. The van der Waals surface area contributed by atoms with E-state index in [4.69, 9.17) is 23.2 Å². The second-order valence-electron chi connectivity index (χ2n) is 8.06. The molecule has 1 fully saturated rings. The molecule has 1 aliphatic heterocycles. The van der Waals surface area contributed by atoms with Crippen LogP contribution in [-0.2, 0) is 16.1 Å². The zero-order valence-corrected chi connectivity index (χ0v) is 19.0. The van der Waals surface area contributed by atoms with E-state index in [1.165, 1.54) is 24.3 Å². The Morgan fingerprint density at radius 1 is 1.15 bits per heavy atom. The average Bonchev–Trinajstić information content (AvgIpc) is 3.02. The first-order chi connectivity index (χ1) is 15.7. The molecular formula is C23H19Cl2N3O5. The van der Waals surface area contributed by atoms with Crippen molar-refractivity contribution >= 4 is 46.6 Å². The third-order valence-electron chi connectivity index (χ3n) is 5.94. The Hall–Kier alpha value is -3.23. The minimum atomic E-state index is -0.713. The van der Waals surface area contributed by atoms with Crippen LogP contribution in [0.3, 0.4) is 0 Å². The summed E-state index contributed by atoms with van der Waals surface area (Å²) in [4.78, 5) is 51.1. The lowest BCUT2D eigenvalue weighted by Crippen LogP contribution is -2.50. The zero-order chi connectivity index (χ0) is 23.9. The van der Waals surface area contributed by atoms with E-state index in [2.05, 4.69) is 0 Å². The van der Waals surface area contributed by atoms with E-state index in [1.54, 1.807) is 12.1 Å². The van der Waals surface area contributed by atoms with Gasteiger partial charge in [-0.2, -0.15) is 5.01 Å². The third-order valence-corrected chi connectivity index (χ3v) is 6.51. The summed E-state index contributed by atoms with van der Waals surface area (Å²) in [7, 11) is 0. The summed E-state index contributed by atoms with van der Waals surface area (Å²) >= 11 is 12.1. The van der Waals surface area contributed by atoms with Crippen molar-refractivity contribution in [3.8, 4) is 0 Å². The van der Waals surface area contributed by atoms with E-state index in [1.807, 2.05) is 13.0 Å². The number of hydrazine groups is 1. The molecule has 0 radical (unpaired) electrons. The lowest BCUT2D eigenvalue weighted by Gasteiger charge is -2.30. The lowest BCUT2D eigenvalue weighted by atomic mass is 9.82. The van der Waals surface area contributed by atoms with Crippen molar-refractivity contribution in [1.29, 1.82) is 0 Å². The lowest BCUT2D eigenvalue weighted by molar-refractivity contribution is -0.385. The number of rotatable bonds is 5. The predicted molar refractivity (Wildman–Crippen MR) is 121 cm³/mol. The van der Waals surface area contributed by atoms with Gasteiger partial charge < -0.3 is 0 Å². The fourth-order valence-corrected chi connectivity index (χ4v) is 4.65. The molecule has 0 aromatic heterocycles. The number of hydrogen-bond donors (Lipinski definition) is 0. The Bertz CT molecular complexity index is 1210. The molecule has 2 aliphatic rings. The van der Waals surface area contributed by atoms with Crippen LogP contribution < -0.4 is 0 Å². The fourth-order valence-electron chi connectivity index (χ4n) is 4.27. The van der Waals surface area contributed by atoms with Crippen LogP contribution in [0.2, 0.25) is 10.0 Å². The Balaban J connectivity index is 1.79. The van der Waals surface area contributed by atoms with Gasteiger partial charge in [0, 0.05) is 11.1 Å². The minimum absolute atomic E-state index is 0.0700. The summed E-state index contributed by atoms with van der Waals surface area (Å²) in [6, 6.07) is 10.2. The number of carbonyl (C=O) groups excluding carboxylic acids is 3. The van der Waals surface area contributed by atoms with Gasteiger partial charge in [0.05, 0.1) is 39.5 Å². The number of amides is 3. The van der Waals surface area contributed by atoms with Gasteiger partial charge in [-0.15, -0.1) is 0 Å². The van der Waals surface area contributed by atoms with Gasteiger partial charge >= 0.3 is 0 Å². The van der Waals surface area contributed by atoms with Gasteiger partial charge in [0.2, 0.25) is 0 Å². The normalized spacial score (nSPS) is 19.8. The van der Waals surface area contributed by atoms with E-state index in [-0.39, 0.29) is 33.4 Å². The van der Waals surface area contributed by atoms with Crippen molar-refractivity contribution < 1.29 is 19.3 Å². The monoisotopic (exact) mass is 487 g/mol. The standard InChI is InChI=1S/C23H19Cl2N3O5/c1-13-6-9-16-18(10-13)23(31)27(22(16)30)26(21(29)17-4-2-3-5-19(17)25)12-14-7-8-15(24)11-20(14)28(32)33/h2-8,11,16,18H,9-10,12H2,1H3/t16-,18-/m1/s1. The molecule has 2 aromatic rings. The predicted octanol–water partition coefficient (Wildman–Crippen LogP) is 4.80. The summed E-state index contributed by atoms with van der Waals surface area (Å²) in [5, 5.41) is 13.7. The number of nitrogens with zero attached hydrogens (tertiary/aromatic N) is 3. The van der Waals surface area contributed by atoms with E-state index >= 15 is 0 Å². The highest BCUT2D eigenvalue weighted by Gasteiger charge is 2.51. The van der Waals surface area contributed by atoms with E-state index in [9.17, 15) is 24.5 Å². The minimum Gasteiger partial charge on any atom is -0.272 e. The van der Waals surface area contributed by atoms with Crippen molar-refractivity contribution in [2.75, 3.05) is 0 Å². The molecule has 170 valence electrons. The molecule has 1 aliphatic carbocycles. The molecule has 10 heteroatoms. The van der Waals surface area contributed by atoms with Crippen LogP contribution in [0.1, 0.15) is 35.7 Å². The molecule has 33 heavy (non-hydrogen) atoms. The third kappa shape index (κ3) is 4.24. The molecule has 0 unspecified atom stereocenters. The van der Waals surface area contributed by atoms with Crippen LogP contribution >= 0.6 is 23.2 Å². The van der Waals surface area contributed by atoms with Crippen molar-refractivity contribution in [3.63, 3.8) is 0 Å².